The van der Waals surface area contributed by atoms with E-state index in [2.05, 4.69) is 6.07 Å². The zero-order chi connectivity index (χ0) is 17.6. The molecule has 0 aliphatic heterocycles. The fourth-order valence-corrected chi connectivity index (χ4v) is 3.09. The average Bonchev–Trinajstić information content (AvgIpc) is 2.64. The number of phenolic OH excluding ortho intramolecular Hbond substituents is 1. The van der Waals surface area contributed by atoms with Crippen LogP contribution in [0.1, 0.15) is 11.1 Å². The van der Waals surface area contributed by atoms with Gasteiger partial charge in [0.05, 0.1) is 11.6 Å². The molecule has 0 saturated carbocycles. The molecule has 0 bridgehead atoms. The number of phenols is 1. The second-order valence-electron chi connectivity index (χ2n) is 5.40. The normalized spacial score (nSPS) is 10.2. The van der Waals surface area contributed by atoms with Crippen molar-refractivity contribution in [3.63, 3.8) is 0 Å². The van der Waals surface area contributed by atoms with Crippen molar-refractivity contribution in [2.45, 2.75) is 16.4 Å². The van der Waals surface area contributed by atoms with E-state index >= 15 is 0 Å². The lowest BCUT2D eigenvalue weighted by molar-refractivity contribution is 0.306. The number of hydrogen-bond acceptors (Lipinski definition) is 5. The topological polar surface area (TPSA) is 79.3 Å². The molecule has 124 valence electrons. The highest BCUT2D eigenvalue weighted by atomic mass is 32.2. The maximum absolute atomic E-state index is 9.33. The Hall–Kier alpha value is -3.10. The van der Waals surface area contributed by atoms with Crippen LogP contribution in [0.15, 0.2) is 76.5 Å². The van der Waals surface area contributed by atoms with Gasteiger partial charge in [0.1, 0.15) is 18.1 Å². The molecular weight excluding hydrogens is 332 g/mol. The smallest absolute Gasteiger partial charge is 0.121 e. The fraction of sp³-hybridized carbons (Fsp3) is 0.0500. The SMILES string of the molecule is N#Cc1cccc(COc2ccc(Sc3ccc(O)cc3)c(N)c2)c1. The van der Waals surface area contributed by atoms with Gasteiger partial charge in [-0.15, -0.1) is 0 Å². The summed E-state index contributed by atoms with van der Waals surface area (Å²) in [4.78, 5) is 1.91. The van der Waals surface area contributed by atoms with Gasteiger partial charge in [0.15, 0.2) is 0 Å². The van der Waals surface area contributed by atoms with Crippen LogP contribution in [0.3, 0.4) is 0 Å². The van der Waals surface area contributed by atoms with Crippen LogP contribution in [0.4, 0.5) is 5.69 Å². The molecule has 5 heteroatoms. The first-order chi connectivity index (χ1) is 12.1. The number of benzene rings is 3. The summed E-state index contributed by atoms with van der Waals surface area (Å²) < 4.78 is 5.76. The number of aromatic hydroxyl groups is 1. The minimum Gasteiger partial charge on any atom is -0.508 e. The molecule has 0 radical (unpaired) electrons. The van der Waals surface area contributed by atoms with Crippen LogP contribution in [0.25, 0.3) is 0 Å². The number of rotatable bonds is 5. The lowest BCUT2D eigenvalue weighted by Gasteiger charge is -2.10. The van der Waals surface area contributed by atoms with Crippen LogP contribution in [-0.2, 0) is 6.61 Å². The molecule has 0 atom stereocenters. The first-order valence-corrected chi connectivity index (χ1v) is 8.44. The predicted octanol–water partition coefficient (Wildman–Crippen LogP) is 4.58. The number of anilines is 1. The third kappa shape index (κ3) is 4.46. The van der Waals surface area contributed by atoms with Crippen LogP contribution < -0.4 is 10.5 Å². The molecule has 3 N–H and O–H groups in total. The lowest BCUT2D eigenvalue weighted by atomic mass is 10.1. The Balaban J connectivity index is 1.67. The quantitative estimate of drug-likeness (QED) is 0.660. The van der Waals surface area contributed by atoms with Gasteiger partial charge in [0.2, 0.25) is 0 Å². The van der Waals surface area contributed by atoms with Crippen molar-refractivity contribution < 1.29 is 9.84 Å². The van der Waals surface area contributed by atoms with Crippen molar-refractivity contribution in [2.75, 3.05) is 5.73 Å². The summed E-state index contributed by atoms with van der Waals surface area (Å²) in [6, 6.07) is 22.0. The summed E-state index contributed by atoms with van der Waals surface area (Å²) in [5, 5.41) is 18.3. The maximum Gasteiger partial charge on any atom is 0.121 e. The second kappa shape index (κ2) is 7.65. The number of hydrogen-bond donors (Lipinski definition) is 2. The minimum atomic E-state index is 0.238. The highest BCUT2D eigenvalue weighted by Crippen LogP contribution is 2.34. The largest absolute Gasteiger partial charge is 0.508 e. The molecule has 3 aromatic rings. The molecule has 3 aromatic carbocycles. The summed E-state index contributed by atoms with van der Waals surface area (Å²) in [6.07, 6.45) is 0. The van der Waals surface area contributed by atoms with Gasteiger partial charge in [-0.2, -0.15) is 5.26 Å². The second-order valence-corrected chi connectivity index (χ2v) is 6.51. The van der Waals surface area contributed by atoms with Crippen molar-refractivity contribution in [1.29, 1.82) is 5.26 Å². The molecule has 0 heterocycles. The van der Waals surface area contributed by atoms with Crippen LogP contribution in [0, 0.1) is 11.3 Å². The predicted molar refractivity (Wildman–Crippen MR) is 98.6 cm³/mol. The molecular formula is C20H16N2O2S. The molecule has 0 saturated heterocycles. The van der Waals surface area contributed by atoms with Crippen molar-refractivity contribution >= 4 is 17.4 Å². The number of ether oxygens (including phenoxy) is 1. The third-order valence-electron chi connectivity index (χ3n) is 3.51. The van der Waals surface area contributed by atoms with E-state index in [1.807, 2.05) is 36.4 Å². The van der Waals surface area contributed by atoms with E-state index in [0.717, 1.165) is 15.4 Å². The summed E-state index contributed by atoms with van der Waals surface area (Å²) >= 11 is 1.52. The van der Waals surface area contributed by atoms with Crippen molar-refractivity contribution in [3.05, 3.63) is 77.9 Å². The van der Waals surface area contributed by atoms with Gasteiger partial charge in [-0.1, -0.05) is 23.9 Å². The third-order valence-corrected chi connectivity index (χ3v) is 4.61. The molecule has 0 spiro atoms. The molecule has 0 aliphatic carbocycles. The summed E-state index contributed by atoms with van der Waals surface area (Å²) in [5.41, 5.74) is 8.29. The Bertz CT molecular complexity index is 918. The van der Waals surface area contributed by atoms with E-state index in [1.165, 1.54) is 11.8 Å². The van der Waals surface area contributed by atoms with E-state index < -0.39 is 0 Å². The Morgan fingerprint density at radius 1 is 1.04 bits per heavy atom. The first-order valence-electron chi connectivity index (χ1n) is 7.62. The molecule has 4 nitrogen and oxygen atoms in total. The van der Waals surface area contributed by atoms with E-state index in [1.54, 1.807) is 30.3 Å². The van der Waals surface area contributed by atoms with Crippen LogP contribution >= 0.6 is 11.8 Å². The number of nitriles is 1. The highest BCUT2D eigenvalue weighted by molar-refractivity contribution is 7.99. The van der Waals surface area contributed by atoms with Gasteiger partial charge in [-0.05, 0) is 54.1 Å². The molecule has 25 heavy (non-hydrogen) atoms. The molecule has 0 unspecified atom stereocenters. The number of nitrogens with zero attached hydrogens (tertiary/aromatic N) is 1. The zero-order valence-corrected chi connectivity index (χ0v) is 14.2. The van der Waals surface area contributed by atoms with E-state index in [9.17, 15) is 5.11 Å². The van der Waals surface area contributed by atoms with Gasteiger partial charge in [-0.3, -0.25) is 0 Å². The first kappa shape index (κ1) is 16.7. The lowest BCUT2D eigenvalue weighted by Crippen LogP contribution is -1.97. The Kier molecular flexibility index (Phi) is 5.12. The summed E-state index contributed by atoms with van der Waals surface area (Å²) in [6.45, 7) is 0.374. The van der Waals surface area contributed by atoms with Gasteiger partial charge in [0.25, 0.3) is 0 Å². The van der Waals surface area contributed by atoms with Gasteiger partial charge < -0.3 is 15.6 Å². The highest BCUT2D eigenvalue weighted by Gasteiger charge is 2.05. The summed E-state index contributed by atoms with van der Waals surface area (Å²) in [5.74, 6) is 0.913. The van der Waals surface area contributed by atoms with Gasteiger partial charge in [-0.25, -0.2) is 0 Å². The van der Waals surface area contributed by atoms with Crippen LogP contribution in [0.5, 0.6) is 11.5 Å². The van der Waals surface area contributed by atoms with E-state index in [0.29, 0.717) is 23.6 Å². The molecule has 0 fully saturated rings. The monoisotopic (exact) mass is 348 g/mol. The minimum absolute atomic E-state index is 0.238. The molecule has 0 aliphatic rings. The fourth-order valence-electron chi connectivity index (χ4n) is 2.25. The molecule has 0 amide bonds. The van der Waals surface area contributed by atoms with Crippen LogP contribution in [0.2, 0.25) is 0 Å². The average molecular weight is 348 g/mol. The van der Waals surface area contributed by atoms with Crippen molar-refractivity contribution in [3.8, 4) is 17.6 Å². The Morgan fingerprint density at radius 2 is 1.84 bits per heavy atom. The van der Waals surface area contributed by atoms with Crippen molar-refractivity contribution in [2.24, 2.45) is 0 Å². The summed E-state index contributed by atoms with van der Waals surface area (Å²) in [7, 11) is 0. The van der Waals surface area contributed by atoms with E-state index in [4.69, 9.17) is 15.7 Å². The van der Waals surface area contributed by atoms with Crippen molar-refractivity contribution in [1.82, 2.24) is 0 Å². The maximum atomic E-state index is 9.33. The van der Waals surface area contributed by atoms with E-state index in [-0.39, 0.29) is 5.75 Å². The molecule has 0 aromatic heterocycles. The van der Waals surface area contributed by atoms with Crippen LogP contribution in [-0.4, -0.2) is 5.11 Å². The van der Waals surface area contributed by atoms with Gasteiger partial charge >= 0.3 is 0 Å². The molecule has 3 rings (SSSR count). The Morgan fingerprint density at radius 3 is 2.56 bits per heavy atom. The number of nitrogen functional groups attached to an aromatic ring is 1. The zero-order valence-electron chi connectivity index (χ0n) is 13.3. The standard InChI is InChI=1S/C20H16N2O2S/c21-12-14-2-1-3-15(10-14)13-24-17-6-9-20(19(22)11-17)25-18-7-4-16(23)5-8-18/h1-11,23H,13,22H2. The number of nitrogens with two attached hydrogens (primary N) is 1. The Labute approximate surface area is 150 Å². The van der Waals surface area contributed by atoms with Gasteiger partial charge in [0, 0.05) is 21.5 Å².